The van der Waals surface area contributed by atoms with Gasteiger partial charge in [-0.3, -0.25) is 4.90 Å². The number of sulfonamides is 1. The van der Waals surface area contributed by atoms with Crippen LogP contribution in [0, 0.1) is 6.92 Å². The Balaban J connectivity index is 1.18. The average molecular weight is 510 g/mol. The first-order chi connectivity index (χ1) is 16.9. The van der Waals surface area contributed by atoms with E-state index in [1.807, 2.05) is 30.3 Å². The van der Waals surface area contributed by atoms with Crippen LogP contribution >= 0.6 is 11.3 Å². The van der Waals surface area contributed by atoms with Crippen LogP contribution in [0.2, 0.25) is 0 Å². The highest BCUT2D eigenvalue weighted by atomic mass is 32.2. The van der Waals surface area contributed by atoms with Crippen molar-refractivity contribution in [3.05, 3.63) is 60.0 Å². The van der Waals surface area contributed by atoms with Crippen molar-refractivity contribution in [3.63, 3.8) is 0 Å². The van der Waals surface area contributed by atoms with Crippen molar-refractivity contribution in [2.45, 2.75) is 24.8 Å². The Bertz CT molecular complexity index is 1400. The summed E-state index contributed by atoms with van der Waals surface area (Å²) in [6.45, 7) is 7.13. The van der Waals surface area contributed by atoms with E-state index in [0.717, 1.165) is 33.7 Å². The molecule has 1 aromatic carbocycles. The van der Waals surface area contributed by atoms with E-state index in [2.05, 4.69) is 49.4 Å². The van der Waals surface area contributed by atoms with E-state index in [9.17, 15) is 8.42 Å². The third-order valence-corrected chi connectivity index (χ3v) is 9.02. The predicted octanol–water partition coefficient (Wildman–Crippen LogP) is 3.26. The Morgan fingerprint density at radius 2 is 1.74 bits per heavy atom. The van der Waals surface area contributed by atoms with Gasteiger partial charge in [0.25, 0.3) is 0 Å². The summed E-state index contributed by atoms with van der Waals surface area (Å²) in [5, 5.41) is 5.59. The molecule has 1 aliphatic rings. The predicted molar refractivity (Wildman–Crippen MR) is 138 cm³/mol. The van der Waals surface area contributed by atoms with Gasteiger partial charge in [0.05, 0.1) is 22.6 Å². The maximum absolute atomic E-state index is 13.1. The van der Waals surface area contributed by atoms with Crippen molar-refractivity contribution in [2.75, 3.05) is 38.0 Å². The summed E-state index contributed by atoms with van der Waals surface area (Å²) < 4.78 is 28.8. The summed E-state index contributed by atoms with van der Waals surface area (Å²) in [6, 6.07) is 9.66. The minimum Gasteiger partial charge on any atom is -0.365 e. The minimum atomic E-state index is -3.63. The molecular weight excluding hydrogens is 482 g/mol. The molecule has 11 heteroatoms. The molecule has 0 spiro atoms. The van der Waals surface area contributed by atoms with E-state index in [-0.39, 0.29) is 10.9 Å². The number of aryl methyl sites for hydroxylation is 1. The van der Waals surface area contributed by atoms with Gasteiger partial charge in [0.15, 0.2) is 5.82 Å². The first kappa shape index (κ1) is 23.7. The van der Waals surface area contributed by atoms with E-state index in [1.54, 1.807) is 17.7 Å². The zero-order valence-corrected chi connectivity index (χ0v) is 21.3. The molecule has 0 bridgehead atoms. The summed E-state index contributed by atoms with van der Waals surface area (Å²) >= 11 is 1.64. The van der Waals surface area contributed by atoms with Crippen LogP contribution in [0.15, 0.2) is 59.3 Å². The van der Waals surface area contributed by atoms with Gasteiger partial charge in [-0.05, 0) is 24.8 Å². The zero-order valence-electron chi connectivity index (χ0n) is 19.6. The maximum Gasteiger partial charge on any atom is 0.246 e. The third-order valence-electron chi connectivity index (χ3n) is 6.08. The second-order valence-corrected chi connectivity index (χ2v) is 11.5. The highest BCUT2D eigenvalue weighted by Crippen LogP contribution is 2.29. The monoisotopic (exact) mass is 509 g/mol. The fraction of sp³-hybridized carbons (Fsp3) is 0.333. The molecule has 5 rings (SSSR count). The Labute approximate surface area is 208 Å². The molecule has 3 aromatic heterocycles. The number of benzene rings is 1. The van der Waals surface area contributed by atoms with Crippen molar-refractivity contribution in [1.82, 2.24) is 29.1 Å². The summed E-state index contributed by atoms with van der Waals surface area (Å²) in [4.78, 5) is 19.8. The van der Waals surface area contributed by atoms with Gasteiger partial charge in [0, 0.05) is 44.3 Å². The topological polar surface area (TPSA) is 104 Å². The van der Waals surface area contributed by atoms with Crippen LogP contribution in [0.1, 0.15) is 12.5 Å². The number of nitrogens with one attached hydrogen (secondary N) is 1. The van der Waals surface area contributed by atoms with Crippen LogP contribution in [0.3, 0.4) is 0 Å². The van der Waals surface area contributed by atoms with Crippen molar-refractivity contribution in [3.8, 4) is 11.4 Å². The van der Waals surface area contributed by atoms with Crippen LogP contribution in [0.5, 0.6) is 0 Å². The molecule has 9 nitrogen and oxygen atoms in total. The normalized spacial score (nSPS) is 16.4. The Morgan fingerprint density at radius 3 is 2.46 bits per heavy atom. The van der Waals surface area contributed by atoms with Gasteiger partial charge >= 0.3 is 0 Å². The van der Waals surface area contributed by atoms with Crippen molar-refractivity contribution >= 4 is 37.4 Å². The number of hydrogen-bond acceptors (Lipinski definition) is 9. The molecule has 1 atom stereocenters. The van der Waals surface area contributed by atoms with E-state index in [1.165, 1.54) is 16.7 Å². The van der Waals surface area contributed by atoms with Gasteiger partial charge in [-0.2, -0.15) is 4.31 Å². The van der Waals surface area contributed by atoms with E-state index in [4.69, 9.17) is 0 Å². The highest BCUT2D eigenvalue weighted by Gasteiger charge is 2.29. The highest BCUT2D eigenvalue weighted by molar-refractivity contribution is 7.89. The van der Waals surface area contributed by atoms with Gasteiger partial charge in [0.2, 0.25) is 10.0 Å². The van der Waals surface area contributed by atoms with Gasteiger partial charge in [0.1, 0.15) is 17.0 Å². The number of anilines is 1. The Hall–Kier alpha value is -2.99. The first-order valence-electron chi connectivity index (χ1n) is 11.5. The standard InChI is InChI=1S/C24H27N7O2S2/c1-17-15-34-22-21(17)27-16-28-24(22)29-18(2)14-30-8-10-31(11-9-30)35(32,33)20-12-25-23(26-13-20)19-6-4-3-5-7-19/h3-7,12-13,15-16,18H,8-11,14H2,1-2H3,(H,27,28,29)/t18-/m0/s1. The molecule has 35 heavy (non-hydrogen) atoms. The van der Waals surface area contributed by atoms with Crippen LogP contribution in [0.4, 0.5) is 5.82 Å². The number of nitrogens with zero attached hydrogens (tertiary/aromatic N) is 6. The van der Waals surface area contributed by atoms with Crippen LogP contribution < -0.4 is 5.32 Å². The molecule has 0 radical (unpaired) electrons. The number of piperazine rings is 1. The molecule has 1 fully saturated rings. The molecule has 1 aliphatic heterocycles. The van der Waals surface area contributed by atoms with Crippen molar-refractivity contribution in [1.29, 1.82) is 0 Å². The summed E-state index contributed by atoms with van der Waals surface area (Å²) in [5.74, 6) is 1.36. The number of thiophene rings is 1. The third kappa shape index (κ3) is 5.03. The summed E-state index contributed by atoms with van der Waals surface area (Å²) in [7, 11) is -3.63. The molecule has 1 saturated heterocycles. The number of rotatable bonds is 7. The molecular formula is C24H27N7O2S2. The lowest BCUT2D eigenvalue weighted by molar-refractivity contribution is 0.184. The van der Waals surface area contributed by atoms with Crippen LogP contribution in [-0.2, 0) is 10.0 Å². The van der Waals surface area contributed by atoms with Gasteiger partial charge in [-0.25, -0.2) is 28.4 Å². The average Bonchev–Trinajstić information content (AvgIpc) is 3.27. The van der Waals surface area contributed by atoms with Gasteiger partial charge < -0.3 is 5.32 Å². The molecule has 0 aliphatic carbocycles. The fourth-order valence-electron chi connectivity index (χ4n) is 4.23. The maximum atomic E-state index is 13.1. The zero-order chi connectivity index (χ0) is 24.4. The molecule has 182 valence electrons. The summed E-state index contributed by atoms with van der Waals surface area (Å²) in [5.41, 5.74) is 2.99. The van der Waals surface area contributed by atoms with E-state index in [0.29, 0.717) is 32.0 Å². The summed E-state index contributed by atoms with van der Waals surface area (Å²) in [6.07, 6.45) is 4.40. The smallest absolute Gasteiger partial charge is 0.246 e. The van der Waals surface area contributed by atoms with Crippen molar-refractivity contribution in [2.24, 2.45) is 0 Å². The second-order valence-electron chi connectivity index (χ2n) is 8.68. The Kier molecular flexibility index (Phi) is 6.74. The molecule has 4 aromatic rings. The quantitative estimate of drug-likeness (QED) is 0.405. The SMILES string of the molecule is Cc1csc2c(N[C@@H](C)CN3CCN(S(=O)(=O)c4cnc(-c5ccccc5)nc4)CC3)ncnc12. The van der Waals surface area contributed by atoms with E-state index < -0.39 is 10.0 Å². The molecule has 0 saturated carbocycles. The largest absolute Gasteiger partial charge is 0.365 e. The Morgan fingerprint density at radius 1 is 1.03 bits per heavy atom. The lowest BCUT2D eigenvalue weighted by atomic mass is 10.2. The molecule has 4 heterocycles. The lowest BCUT2D eigenvalue weighted by Gasteiger charge is -2.35. The van der Waals surface area contributed by atoms with Crippen molar-refractivity contribution < 1.29 is 8.42 Å². The minimum absolute atomic E-state index is 0.125. The number of aromatic nitrogens is 4. The molecule has 1 N–H and O–H groups in total. The number of hydrogen-bond donors (Lipinski definition) is 1. The lowest BCUT2D eigenvalue weighted by Crippen LogP contribution is -2.50. The van der Waals surface area contributed by atoms with E-state index >= 15 is 0 Å². The van der Waals surface area contributed by atoms with Crippen LogP contribution in [-0.4, -0.2) is 76.3 Å². The van der Waals surface area contributed by atoms with Gasteiger partial charge in [-0.1, -0.05) is 30.3 Å². The van der Waals surface area contributed by atoms with Gasteiger partial charge in [-0.15, -0.1) is 11.3 Å². The molecule has 0 unspecified atom stereocenters. The fourth-order valence-corrected chi connectivity index (χ4v) is 6.49. The number of fused-ring (bicyclic) bond motifs is 1. The molecule has 0 amide bonds. The van der Waals surface area contributed by atoms with Crippen LogP contribution in [0.25, 0.3) is 21.6 Å². The second kappa shape index (κ2) is 9.94. The first-order valence-corrected chi connectivity index (χ1v) is 13.8.